The normalized spacial score (nSPS) is 27.8. The fraction of sp³-hybridized carbons (Fsp3) is 0.562. The first kappa shape index (κ1) is 14.1. The highest BCUT2D eigenvalue weighted by molar-refractivity contribution is 5.85. The number of phenolic OH excluding ortho intramolecular Hbond substituents is 1. The molecule has 1 aliphatic rings. The highest BCUT2D eigenvalue weighted by Crippen LogP contribution is 2.42. The fourth-order valence-corrected chi connectivity index (χ4v) is 3.19. The van der Waals surface area contributed by atoms with Crippen LogP contribution in [0.4, 0.5) is 0 Å². The molecule has 3 heteroatoms. The minimum absolute atomic E-state index is 0.0162. The van der Waals surface area contributed by atoms with Gasteiger partial charge in [-0.05, 0) is 56.5 Å². The molecule has 0 heterocycles. The van der Waals surface area contributed by atoms with E-state index in [1.54, 1.807) is 12.1 Å². The number of carbonyl (C=O) groups is 1. The van der Waals surface area contributed by atoms with Crippen LogP contribution < -0.4 is 0 Å². The Morgan fingerprint density at radius 1 is 1.32 bits per heavy atom. The van der Waals surface area contributed by atoms with E-state index in [-0.39, 0.29) is 11.5 Å². The lowest BCUT2D eigenvalue weighted by molar-refractivity contribution is -0.126. The van der Waals surface area contributed by atoms with Crippen molar-refractivity contribution in [2.45, 2.75) is 44.1 Å². The van der Waals surface area contributed by atoms with Crippen molar-refractivity contribution < 1.29 is 9.90 Å². The molecule has 0 amide bonds. The Hall–Kier alpha value is -1.35. The number of hydrogen-bond donors (Lipinski definition) is 1. The van der Waals surface area contributed by atoms with E-state index < -0.39 is 0 Å². The van der Waals surface area contributed by atoms with Crippen LogP contribution in [0.3, 0.4) is 0 Å². The third kappa shape index (κ3) is 2.66. The Kier molecular flexibility index (Phi) is 3.95. The zero-order valence-corrected chi connectivity index (χ0v) is 12.0. The third-order valence-electron chi connectivity index (χ3n) is 4.59. The number of carbonyl (C=O) groups excluding carboxylic acids is 1. The minimum Gasteiger partial charge on any atom is -0.508 e. The molecule has 104 valence electrons. The minimum atomic E-state index is 0.0162. The van der Waals surface area contributed by atoms with Gasteiger partial charge in [0, 0.05) is 6.42 Å². The lowest BCUT2D eigenvalue weighted by atomic mass is 9.65. The van der Waals surface area contributed by atoms with Crippen molar-refractivity contribution in [2.75, 3.05) is 14.1 Å². The summed E-state index contributed by atoms with van der Waals surface area (Å²) in [5.74, 6) is 0.652. The topological polar surface area (TPSA) is 40.5 Å². The Balaban J connectivity index is 2.32. The van der Waals surface area contributed by atoms with E-state index in [4.69, 9.17) is 0 Å². The first-order valence-corrected chi connectivity index (χ1v) is 6.97. The number of rotatable bonds is 3. The summed E-state index contributed by atoms with van der Waals surface area (Å²) in [4.78, 5) is 14.1. The largest absolute Gasteiger partial charge is 0.508 e. The lowest BCUT2D eigenvalue weighted by Crippen LogP contribution is -2.46. The van der Waals surface area contributed by atoms with E-state index in [1.165, 1.54) is 5.56 Å². The number of benzene rings is 1. The lowest BCUT2D eigenvalue weighted by Gasteiger charge is -2.42. The molecule has 1 fully saturated rings. The van der Waals surface area contributed by atoms with Crippen molar-refractivity contribution in [1.82, 2.24) is 4.90 Å². The zero-order chi connectivity index (χ0) is 14.0. The molecule has 0 bridgehead atoms. The molecule has 3 nitrogen and oxygen atoms in total. The predicted octanol–water partition coefficient (Wildman–Crippen LogP) is 2.72. The van der Waals surface area contributed by atoms with Gasteiger partial charge in [-0.15, -0.1) is 0 Å². The molecule has 1 aromatic carbocycles. The van der Waals surface area contributed by atoms with Crippen molar-refractivity contribution in [3.63, 3.8) is 0 Å². The molecule has 1 saturated carbocycles. The predicted molar refractivity (Wildman–Crippen MR) is 76.4 cm³/mol. The molecular formula is C16H23NO2. The monoisotopic (exact) mass is 261 g/mol. The summed E-state index contributed by atoms with van der Waals surface area (Å²) < 4.78 is 0. The van der Waals surface area contributed by atoms with E-state index in [9.17, 15) is 9.90 Å². The van der Waals surface area contributed by atoms with Gasteiger partial charge in [-0.3, -0.25) is 9.69 Å². The summed E-state index contributed by atoms with van der Waals surface area (Å²) >= 11 is 0. The van der Waals surface area contributed by atoms with Gasteiger partial charge in [0.15, 0.2) is 0 Å². The maximum Gasteiger partial charge on any atom is 0.150 e. The van der Waals surface area contributed by atoms with Gasteiger partial charge in [0.25, 0.3) is 0 Å². The van der Waals surface area contributed by atoms with E-state index in [2.05, 4.69) is 6.92 Å². The van der Waals surface area contributed by atoms with Crippen LogP contribution >= 0.6 is 0 Å². The fourth-order valence-electron chi connectivity index (χ4n) is 3.19. The van der Waals surface area contributed by atoms with Gasteiger partial charge in [-0.25, -0.2) is 0 Å². The van der Waals surface area contributed by atoms with Crippen LogP contribution in [0, 0.1) is 0 Å². The number of Topliss-reactive ketones (excluding diaryl/α,β-unsaturated/α-hetero) is 1. The molecule has 2 atom stereocenters. The number of nitrogens with zero attached hydrogens (tertiary/aromatic N) is 1. The van der Waals surface area contributed by atoms with E-state index in [0.29, 0.717) is 18.0 Å². The van der Waals surface area contributed by atoms with Crippen LogP contribution in [-0.4, -0.2) is 35.9 Å². The smallest absolute Gasteiger partial charge is 0.150 e. The van der Waals surface area contributed by atoms with Crippen LogP contribution in [0.1, 0.15) is 38.2 Å². The van der Waals surface area contributed by atoms with Crippen LogP contribution in [0.15, 0.2) is 24.3 Å². The molecule has 0 saturated heterocycles. The van der Waals surface area contributed by atoms with E-state index in [0.717, 1.165) is 19.3 Å². The Morgan fingerprint density at radius 3 is 2.47 bits per heavy atom. The molecule has 2 unspecified atom stereocenters. The van der Waals surface area contributed by atoms with Crippen LogP contribution in [0.2, 0.25) is 0 Å². The SMILES string of the molecule is CCC1(c2ccc(O)cc2)CCC(=O)C(N(C)C)C1. The first-order valence-electron chi connectivity index (χ1n) is 6.97. The first-order chi connectivity index (χ1) is 8.98. The second kappa shape index (κ2) is 5.33. The summed E-state index contributed by atoms with van der Waals surface area (Å²) in [6.45, 7) is 2.19. The number of hydrogen-bond acceptors (Lipinski definition) is 3. The average molecular weight is 261 g/mol. The molecule has 0 aliphatic heterocycles. The quantitative estimate of drug-likeness (QED) is 0.909. The number of likely N-dealkylation sites (N-methyl/N-ethyl adjacent to an activating group) is 1. The molecule has 0 radical (unpaired) electrons. The summed E-state index contributed by atoms with van der Waals surface area (Å²) in [5.41, 5.74) is 1.31. The van der Waals surface area contributed by atoms with Crippen molar-refractivity contribution in [1.29, 1.82) is 0 Å². The average Bonchev–Trinajstić information content (AvgIpc) is 2.40. The number of ketones is 1. The summed E-state index contributed by atoms with van der Waals surface area (Å²) in [6.07, 6.45) is 3.46. The Morgan fingerprint density at radius 2 is 1.95 bits per heavy atom. The van der Waals surface area contributed by atoms with Crippen molar-refractivity contribution in [3.05, 3.63) is 29.8 Å². The maximum atomic E-state index is 12.0. The second-order valence-corrected chi connectivity index (χ2v) is 5.83. The van der Waals surface area contributed by atoms with Gasteiger partial charge >= 0.3 is 0 Å². The van der Waals surface area contributed by atoms with Gasteiger partial charge in [-0.1, -0.05) is 19.1 Å². The van der Waals surface area contributed by atoms with Crippen molar-refractivity contribution in [3.8, 4) is 5.75 Å². The maximum absolute atomic E-state index is 12.0. The van der Waals surface area contributed by atoms with E-state index in [1.807, 2.05) is 31.1 Å². The van der Waals surface area contributed by atoms with Crippen LogP contribution in [0.5, 0.6) is 5.75 Å². The van der Waals surface area contributed by atoms with Gasteiger partial charge in [0.2, 0.25) is 0 Å². The van der Waals surface area contributed by atoms with Gasteiger partial charge < -0.3 is 5.11 Å². The van der Waals surface area contributed by atoms with Crippen molar-refractivity contribution in [2.24, 2.45) is 0 Å². The van der Waals surface area contributed by atoms with Gasteiger partial charge in [0.05, 0.1) is 6.04 Å². The van der Waals surface area contributed by atoms with Crippen LogP contribution in [-0.2, 0) is 10.2 Å². The number of phenols is 1. The molecule has 0 aromatic heterocycles. The third-order valence-corrected chi connectivity index (χ3v) is 4.59. The molecule has 1 aliphatic carbocycles. The zero-order valence-electron chi connectivity index (χ0n) is 12.0. The highest BCUT2D eigenvalue weighted by atomic mass is 16.3. The molecular weight excluding hydrogens is 238 g/mol. The van der Waals surface area contributed by atoms with Gasteiger partial charge in [0.1, 0.15) is 11.5 Å². The summed E-state index contributed by atoms with van der Waals surface area (Å²) in [5, 5.41) is 9.43. The van der Waals surface area contributed by atoms with Gasteiger partial charge in [-0.2, -0.15) is 0 Å². The van der Waals surface area contributed by atoms with Crippen molar-refractivity contribution >= 4 is 5.78 Å². The molecule has 1 N–H and O–H groups in total. The van der Waals surface area contributed by atoms with E-state index >= 15 is 0 Å². The standard InChI is InChI=1S/C16H23NO2/c1-4-16(12-5-7-13(18)8-6-12)10-9-15(19)14(11-16)17(2)3/h5-8,14,18H,4,9-11H2,1-3H3. The number of aromatic hydroxyl groups is 1. The highest BCUT2D eigenvalue weighted by Gasteiger charge is 2.40. The molecule has 2 rings (SSSR count). The molecule has 19 heavy (non-hydrogen) atoms. The Labute approximate surface area is 115 Å². The second-order valence-electron chi connectivity index (χ2n) is 5.83. The molecule has 0 spiro atoms. The summed E-state index contributed by atoms with van der Waals surface area (Å²) in [7, 11) is 3.95. The van der Waals surface area contributed by atoms with Crippen LogP contribution in [0.25, 0.3) is 0 Å². The Bertz CT molecular complexity index is 452. The summed E-state index contributed by atoms with van der Waals surface area (Å²) in [6, 6.07) is 7.51. The molecule has 1 aromatic rings.